The second-order valence-corrected chi connectivity index (χ2v) is 10.0. The van der Waals surface area contributed by atoms with Gasteiger partial charge in [0.1, 0.15) is 6.54 Å². The van der Waals surface area contributed by atoms with Crippen LogP contribution in [0.5, 0.6) is 0 Å². The molecule has 0 heterocycles. The molecule has 0 aliphatic rings. The van der Waals surface area contributed by atoms with Crippen molar-refractivity contribution in [1.29, 1.82) is 0 Å². The van der Waals surface area contributed by atoms with Crippen molar-refractivity contribution >= 4 is 70.8 Å². The van der Waals surface area contributed by atoms with E-state index in [-0.39, 0.29) is 4.90 Å². The van der Waals surface area contributed by atoms with Crippen molar-refractivity contribution in [3.05, 3.63) is 86.8 Å². The van der Waals surface area contributed by atoms with Crippen LogP contribution < -0.4 is 9.62 Å². The summed E-state index contributed by atoms with van der Waals surface area (Å²) in [4.78, 5) is 12.8. The van der Waals surface area contributed by atoms with E-state index in [1.807, 2.05) is 0 Å². The van der Waals surface area contributed by atoms with Crippen LogP contribution in [-0.2, 0) is 14.8 Å². The van der Waals surface area contributed by atoms with E-state index in [1.54, 1.807) is 60.7 Å². The predicted molar refractivity (Wildman–Crippen MR) is 123 cm³/mol. The summed E-state index contributed by atoms with van der Waals surface area (Å²) in [6, 6.07) is 19.6. The number of carbonyl (C=O) groups is 1. The molecule has 0 radical (unpaired) electrons. The number of benzene rings is 3. The summed E-state index contributed by atoms with van der Waals surface area (Å²) in [5, 5.41) is 3.12. The maximum Gasteiger partial charge on any atom is 0.264 e. The number of nitrogens with one attached hydrogen (secondary N) is 1. The minimum absolute atomic E-state index is 0.0994. The molecule has 0 aliphatic carbocycles. The lowest BCUT2D eigenvalue weighted by Gasteiger charge is -2.24. The van der Waals surface area contributed by atoms with Crippen molar-refractivity contribution in [3.8, 4) is 0 Å². The lowest BCUT2D eigenvalue weighted by Crippen LogP contribution is -2.38. The van der Waals surface area contributed by atoms with E-state index in [2.05, 4.69) is 37.2 Å². The average molecular weight is 559 g/mol. The van der Waals surface area contributed by atoms with Gasteiger partial charge in [0.2, 0.25) is 5.91 Å². The van der Waals surface area contributed by atoms with Gasteiger partial charge in [0.05, 0.1) is 15.6 Å². The van der Waals surface area contributed by atoms with Crippen LogP contribution in [0.25, 0.3) is 0 Å². The summed E-state index contributed by atoms with van der Waals surface area (Å²) in [6.45, 7) is -0.396. The lowest BCUT2D eigenvalue weighted by atomic mass is 10.3. The predicted octanol–water partition coefficient (Wildman–Crippen LogP) is 5.70. The van der Waals surface area contributed by atoms with Crippen LogP contribution >= 0.6 is 43.5 Å². The SMILES string of the molecule is O=C(CN(c1ccc(Br)cc1)S(=O)(=O)c1ccccc1)Nc1ccc(Br)c(Cl)c1. The Balaban J connectivity index is 1.92. The van der Waals surface area contributed by atoms with Crippen molar-refractivity contribution in [3.63, 3.8) is 0 Å². The Labute approximate surface area is 191 Å². The van der Waals surface area contributed by atoms with E-state index in [9.17, 15) is 13.2 Å². The van der Waals surface area contributed by atoms with Gasteiger partial charge in [-0.1, -0.05) is 45.7 Å². The molecular formula is C20H15Br2ClN2O3S. The van der Waals surface area contributed by atoms with E-state index in [0.29, 0.717) is 20.9 Å². The zero-order chi connectivity index (χ0) is 21.0. The topological polar surface area (TPSA) is 66.5 Å². The van der Waals surface area contributed by atoms with E-state index in [4.69, 9.17) is 11.6 Å². The van der Waals surface area contributed by atoms with Crippen LogP contribution in [0, 0.1) is 0 Å². The number of anilines is 2. The molecule has 0 fully saturated rings. The number of carbonyl (C=O) groups excluding carboxylic acids is 1. The minimum Gasteiger partial charge on any atom is -0.324 e. The van der Waals surface area contributed by atoms with Crippen LogP contribution in [0.2, 0.25) is 5.02 Å². The van der Waals surface area contributed by atoms with E-state index in [1.165, 1.54) is 12.1 Å². The molecule has 0 saturated heterocycles. The van der Waals surface area contributed by atoms with Crippen LogP contribution in [0.1, 0.15) is 0 Å². The normalized spacial score (nSPS) is 11.1. The standard InChI is InChI=1S/C20H15Br2ClN2O3S/c21-14-6-9-16(10-7-14)25(29(27,28)17-4-2-1-3-5-17)13-20(26)24-15-8-11-18(22)19(23)12-15/h1-12H,13H2,(H,24,26). The zero-order valence-electron chi connectivity index (χ0n) is 14.8. The smallest absolute Gasteiger partial charge is 0.264 e. The Bertz CT molecular complexity index is 1120. The summed E-state index contributed by atoms with van der Waals surface area (Å²) < 4.78 is 29.0. The van der Waals surface area contributed by atoms with Gasteiger partial charge >= 0.3 is 0 Å². The molecule has 1 N–H and O–H groups in total. The molecule has 3 aromatic rings. The molecule has 3 rings (SSSR count). The van der Waals surface area contributed by atoms with Crippen molar-refractivity contribution in [1.82, 2.24) is 0 Å². The maximum atomic E-state index is 13.2. The highest BCUT2D eigenvalue weighted by molar-refractivity contribution is 9.10. The van der Waals surface area contributed by atoms with Gasteiger partial charge in [0.15, 0.2) is 0 Å². The number of rotatable bonds is 6. The van der Waals surface area contributed by atoms with Crippen molar-refractivity contribution in [2.75, 3.05) is 16.2 Å². The molecule has 0 saturated carbocycles. The van der Waals surface area contributed by atoms with Crippen LogP contribution in [0.15, 0.2) is 86.6 Å². The summed E-state index contributed by atoms with van der Waals surface area (Å²) >= 11 is 12.7. The molecule has 1 amide bonds. The van der Waals surface area contributed by atoms with Gasteiger partial charge in [0, 0.05) is 14.6 Å². The monoisotopic (exact) mass is 556 g/mol. The fourth-order valence-corrected chi connectivity index (χ4v) is 4.68. The molecule has 0 spiro atoms. The number of amides is 1. The summed E-state index contributed by atoms with van der Waals surface area (Å²) in [7, 11) is -3.95. The molecule has 3 aromatic carbocycles. The Kier molecular flexibility index (Phi) is 7.00. The van der Waals surface area contributed by atoms with Crippen molar-refractivity contribution in [2.45, 2.75) is 4.90 Å². The fourth-order valence-electron chi connectivity index (χ4n) is 2.55. The molecule has 29 heavy (non-hydrogen) atoms. The largest absolute Gasteiger partial charge is 0.324 e. The molecule has 5 nitrogen and oxygen atoms in total. The Morgan fingerprint density at radius 1 is 0.966 bits per heavy atom. The Morgan fingerprint density at radius 2 is 1.62 bits per heavy atom. The number of nitrogens with zero attached hydrogens (tertiary/aromatic N) is 1. The summed E-state index contributed by atoms with van der Waals surface area (Å²) in [5.41, 5.74) is 0.845. The Hall–Kier alpha value is -1.87. The van der Waals surface area contributed by atoms with Crippen molar-refractivity contribution in [2.24, 2.45) is 0 Å². The molecule has 0 unspecified atom stereocenters. The third-order valence-electron chi connectivity index (χ3n) is 3.94. The molecule has 9 heteroatoms. The highest BCUT2D eigenvalue weighted by atomic mass is 79.9. The molecule has 150 valence electrons. The number of hydrogen-bond acceptors (Lipinski definition) is 3. The van der Waals surface area contributed by atoms with Gasteiger partial charge in [-0.2, -0.15) is 0 Å². The first-order valence-electron chi connectivity index (χ1n) is 8.35. The number of sulfonamides is 1. The second kappa shape index (κ2) is 9.30. The highest BCUT2D eigenvalue weighted by Crippen LogP contribution is 2.27. The number of halogens is 3. The second-order valence-electron chi connectivity index (χ2n) is 5.98. The third-order valence-corrected chi connectivity index (χ3v) is 7.49. The van der Waals surface area contributed by atoms with Crippen LogP contribution in [0.4, 0.5) is 11.4 Å². The van der Waals surface area contributed by atoms with Gasteiger partial charge in [-0.25, -0.2) is 8.42 Å². The van der Waals surface area contributed by atoms with E-state index in [0.717, 1.165) is 8.78 Å². The van der Waals surface area contributed by atoms with Gasteiger partial charge in [-0.3, -0.25) is 9.10 Å². The molecule has 0 aliphatic heterocycles. The van der Waals surface area contributed by atoms with Crippen LogP contribution in [-0.4, -0.2) is 20.9 Å². The summed E-state index contributed by atoms with van der Waals surface area (Å²) in [5.74, 6) is -0.495. The first-order valence-corrected chi connectivity index (χ1v) is 11.8. The van der Waals surface area contributed by atoms with Crippen molar-refractivity contribution < 1.29 is 13.2 Å². The van der Waals surface area contributed by atoms with E-state index < -0.39 is 22.5 Å². The molecule has 0 aromatic heterocycles. The number of hydrogen-bond donors (Lipinski definition) is 1. The van der Waals surface area contributed by atoms with Gasteiger partial charge < -0.3 is 5.32 Å². The lowest BCUT2D eigenvalue weighted by molar-refractivity contribution is -0.114. The molecular weight excluding hydrogens is 544 g/mol. The zero-order valence-corrected chi connectivity index (χ0v) is 19.6. The summed E-state index contributed by atoms with van der Waals surface area (Å²) in [6.07, 6.45) is 0. The van der Waals surface area contributed by atoms with Gasteiger partial charge in [0.25, 0.3) is 10.0 Å². The fraction of sp³-hybridized carbons (Fsp3) is 0.0500. The third kappa shape index (κ3) is 5.39. The quantitative estimate of drug-likeness (QED) is 0.422. The maximum absolute atomic E-state index is 13.2. The Morgan fingerprint density at radius 3 is 2.24 bits per heavy atom. The minimum atomic E-state index is -3.95. The van der Waals surface area contributed by atoms with Gasteiger partial charge in [-0.05, 0) is 70.5 Å². The first kappa shape index (κ1) is 21.8. The van der Waals surface area contributed by atoms with Gasteiger partial charge in [-0.15, -0.1) is 0 Å². The molecule has 0 atom stereocenters. The van der Waals surface area contributed by atoms with Crippen LogP contribution in [0.3, 0.4) is 0 Å². The average Bonchev–Trinajstić information content (AvgIpc) is 2.70. The van der Waals surface area contributed by atoms with E-state index >= 15 is 0 Å². The first-order chi connectivity index (χ1) is 13.8. The molecule has 0 bridgehead atoms. The highest BCUT2D eigenvalue weighted by Gasteiger charge is 2.27.